The van der Waals surface area contributed by atoms with Gasteiger partial charge in [-0.2, -0.15) is 5.26 Å². The van der Waals surface area contributed by atoms with Crippen molar-refractivity contribution >= 4 is 16.7 Å². The van der Waals surface area contributed by atoms with E-state index < -0.39 is 0 Å². The van der Waals surface area contributed by atoms with E-state index in [9.17, 15) is 4.79 Å². The van der Waals surface area contributed by atoms with Gasteiger partial charge in [0.15, 0.2) is 0 Å². The minimum atomic E-state index is 0.0453. The number of hydrogen-bond acceptors (Lipinski definition) is 5. The number of nitriles is 1. The molecular weight excluding hydrogens is 338 g/mol. The van der Waals surface area contributed by atoms with Gasteiger partial charge in [-0.25, -0.2) is 9.97 Å². The maximum atomic E-state index is 12.9. The number of aryl methyl sites for hydroxylation is 1. The number of pyridine rings is 1. The average Bonchev–Trinajstić information content (AvgIpc) is 2.71. The molecule has 0 atom stereocenters. The fourth-order valence-corrected chi connectivity index (χ4v) is 3.76. The first-order valence-corrected chi connectivity index (χ1v) is 9.24. The normalized spacial score (nSPS) is 15.0. The molecule has 0 saturated carbocycles. The zero-order chi connectivity index (χ0) is 18.8. The molecule has 0 radical (unpaired) electrons. The largest absolute Gasteiger partial charge is 0.357 e. The highest BCUT2D eigenvalue weighted by molar-refractivity contribution is 5.77. The summed E-state index contributed by atoms with van der Waals surface area (Å²) in [6, 6.07) is 15.1. The van der Waals surface area contributed by atoms with Gasteiger partial charge in [0.25, 0.3) is 5.56 Å². The van der Waals surface area contributed by atoms with Crippen LogP contribution in [-0.2, 0) is 6.54 Å². The summed E-state index contributed by atoms with van der Waals surface area (Å²) in [5, 5.41) is 9.70. The van der Waals surface area contributed by atoms with Crippen LogP contribution in [0.5, 0.6) is 0 Å². The zero-order valence-corrected chi connectivity index (χ0v) is 15.3. The highest BCUT2D eigenvalue weighted by Gasteiger charge is 2.22. The monoisotopic (exact) mass is 359 g/mol. The van der Waals surface area contributed by atoms with E-state index in [0.29, 0.717) is 23.5 Å². The average molecular weight is 359 g/mol. The molecule has 0 N–H and O–H groups in total. The molecule has 6 heteroatoms. The Morgan fingerprint density at radius 1 is 1.11 bits per heavy atom. The predicted octanol–water partition coefficient (Wildman–Crippen LogP) is 2.89. The molecule has 3 heterocycles. The molecule has 0 unspecified atom stereocenters. The van der Waals surface area contributed by atoms with E-state index in [1.165, 1.54) is 0 Å². The molecule has 1 fully saturated rings. The molecule has 3 aromatic rings. The number of fused-ring (bicyclic) bond motifs is 1. The maximum absolute atomic E-state index is 12.9. The van der Waals surface area contributed by atoms with E-state index in [0.717, 1.165) is 43.1 Å². The lowest BCUT2D eigenvalue weighted by Crippen LogP contribution is -2.37. The van der Waals surface area contributed by atoms with Crippen molar-refractivity contribution in [3.63, 3.8) is 0 Å². The predicted molar refractivity (Wildman–Crippen MR) is 105 cm³/mol. The fraction of sp³-hybridized carbons (Fsp3) is 0.333. The summed E-state index contributed by atoms with van der Waals surface area (Å²) in [6.07, 6.45) is 1.97. The van der Waals surface area contributed by atoms with Crippen LogP contribution in [0.15, 0.2) is 47.3 Å². The van der Waals surface area contributed by atoms with Gasteiger partial charge >= 0.3 is 0 Å². The first-order valence-electron chi connectivity index (χ1n) is 9.24. The number of piperidine rings is 1. The smallest absolute Gasteiger partial charge is 0.261 e. The summed E-state index contributed by atoms with van der Waals surface area (Å²) >= 11 is 0. The Kier molecular flexibility index (Phi) is 4.59. The van der Waals surface area contributed by atoms with E-state index in [-0.39, 0.29) is 5.56 Å². The van der Waals surface area contributed by atoms with E-state index >= 15 is 0 Å². The Hall–Kier alpha value is -3.20. The van der Waals surface area contributed by atoms with Gasteiger partial charge in [-0.05, 0) is 49.9 Å². The Balaban J connectivity index is 1.49. The number of anilines is 1. The van der Waals surface area contributed by atoms with Crippen LogP contribution >= 0.6 is 0 Å². The summed E-state index contributed by atoms with van der Waals surface area (Å²) in [5.74, 6) is 2.05. The lowest BCUT2D eigenvalue weighted by Gasteiger charge is -2.33. The van der Waals surface area contributed by atoms with Gasteiger partial charge in [0, 0.05) is 19.6 Å². The highest BCUT2D eigenvalue weighted by Crippen LogP contribution is 2.23. The van der Waals surface area contributed by atoms with Crippen molar-refractivity contribution in [1.82, 2.24) is 14.5 Å². The lowest BCUT2D eigenvalue weighted by molar-refractivity contribution is 0.348. The van der Waals surface area contributed by atoms with Crippen LogP contribution in [0.1, 0.15) is 24.4 Å². The summed E-state index contributed by atoms with van der Waals surface area (Å²) in [7, 11) is 0. The topological polar surface area (TPSA) is 74.8 Å². The molecule has 27 heavy (non-hydrogen) atoms. The van der Waals surface area contributed by atoms with Crippen molar-refractivity contribution in [2.75, 3.05) is 18.0 Å². The van der Waals surface area contributed by atoms with Crippen LogP contribution in [0.3, 0.4) is 0 Å². The van der Waals surface area contributed by atoms with Crippen molar-refractivity contribution in [2.24, 2.45) is 5.92 Å². The van der Waals surface area contributed by atoms with E-state index in [1.807, 2.05) is 47.9 Å². The molecule has 1 saturated heterocycles. The lowest BCUT2D eigenvalue weighted by atomic mass is 9.96. The zero-order valence-electron chi connectivity index (χ0n) is 15.3. The molecule has 1 aromatic carbocycles. The highest BCUT2D eigenvalue weighted by atomic mass is 16.1. The second kappa shape index (κ2) is 7.20. The number of rotatable bonds is 3. The molecule has 6 nitrogen and oxygen atoms in total. The molecule has 0 aliphatic carbocycles. The van der Waals surface area contributed by atoms with Crippen molar-refractivity contribution in [2.45, 2.75) is 26.3 Å². The van der Waals surface area contributed by atoms with E-state index in [2.05, 4.69) is 20.9 Å². The van der Waals surface area contributed by atoms with Crippen LogP contribution in [0.25, 0.3) is 10.9 Å². The number of aromatic nitrogens is 3. The Bertz CT molecular complexity index is 1070. The fourth-order valence-electron chi connectivity index (χ4n) is 3.76. The SMILES string of the molecule is Cc1nc2ccccc2c(=O)n1CC1CCN(c2cccc(C#N)n2)CC1. The van der Waals surface area contributed by atoms with Gasteiger partial charge in [0.2, 0.25) is 0 Å². The number of para-hydroxylation sites is 1. The number of hydrogen-bond donors (Lipinski definition) is 0. The third-order valence-electron chi connectivity index (χ3n) is 5.28. The maximum Gasteiger partial charge on any atom is 0.261 e. The van der Waals surface area contributed by atoms with Crippen LogP contribution in [-0.4, -0.2) is 27.6 Å². The first-order chi connectivity index (χ1) is 13.2. The Labute approximate surface area is 157 Å². The quantitative estimate of drug-likeness (QED) is 0.719. The van der Waals surface area contributed by atoms with E-state index in [1.54, 1.807) is 6.07 Å². The molecule has 0 bridgehead atoms. The van der Waals surface area contributed by atoms with Crippen molar-refractivity contribution < 1.29 is 0 Å². The summed E-state index contributed by atoms with van der Waals surface area (Å²) in [4.78, 5) is 24.0. The van der Waals surface area contributed by atoms with Crippen molar-refractivity contribution in [3.8, 4) is 6.07 Å². The molecule has 0 amide bonds. The second-order valence-corrected chi connectivity index (χ2v) is 7.02. The Morgan fingerprint density at radius 3 is 2.67 bits per heavy atom. The van der Waals surface area contributed by atoms with Crippen LogP contribution < -0.4 is 10.5 Å². The third-order valence-corrected chi connectivity index (χ3v) is 5.28. The summed E-state index contributed by atoms with van der Waals surface area (Å²) in [6.45, 7) is 4.35. The molecule has 136 valence electrons. The first kappa shape index (κ1) is 17.2. The summed E-state index contributed by atoms with van der Waals surface area (Å²) in [5.41, 5.74) is 1.25. The second-order valence-electron chi connectivity index (χ2n) is 7.02. The molecule has 1 aliphatic rings. The minimum absolute atomic E-state index is 0.0453. The van der Waals surface area contributed by atoms with Crippen LogP contribution in [0, 0.1) is 24.2 Å². The molecule has 0 spiro atoms. The molecule has 2 aromatic heterocycles. The third kappa shape index (κ3) is 3.41. The van der Waals surface area contributed by atoms with Gasteiger partial charge in [-0.3, -0.25) is 9.36 Å². The molecule has 1 aliphatic heterocycles. The number of benzene rings is 1. The number of nitrogens with zero attached hydrogens (tertiary/aromatic N) is 5. The summed E-state index contributed by atoms with van der Waals surface area (Å²) < 4.78 is 1.82. The van der Waals surface area contributed by atoms with Crippen molar-refractivity contribution in [3.05, 3.63) is 64.3 Å². The molecular formula is C21H21N5O. The Morgan fingerprint density at radius 2 is 1.89 bits per heavy atom. The van der Waals surface area contributed by atoms with Gasteiger partial charge in [0.1, 0.15) is 23.4 Å². The standard InChI is InChI=1S/C21H21N5O/c1-15-23-19-7-3-2-6-18(19)21(27)26(15)14-16-9-11-25(12-10-16)20-8-4-5-17(13-22)24-20/h2-8,16H,9-12,14H2,1H3. The minimum Gasteiger partial charge on any atom is -0.357 e. The molecule has 4 rings (SSSR count). The van der Waals surface area contributed by atoms with Crippen LogP contribution in [0.4, 0.5) is 5.82 Å². The van der Waals surface area contributed by atoms with Crippen LogP contribution in [0.2, 0.25) is 0 Å². The van der Waals surface area contributed by atoms with Gasteiger partial charge in [-0.15, -0.1) is 0 Å². The van der Waals surface area contributed by atoms with Gasteiger partial charge in [-0.1, -0.05) is 18.2 Å². The van der Waals surface area contributed by atoms with E-state index in [4.69, 9.17) is 5.26 Å². The van der Waals surface area contributed by atoms with Gasteiger partial charge in [0.05, 0.1) is 10.9 Å². The van der Waals surface area contributed by atoms with Gasteiger partial charge < -0.3 is 4.90 Å². The van der Waals surface area contributed by atoms with Crippen molar-refractivity contribution in [1.29, 1.82) is 5.26 Å².